The Hall–Kier alpha value is -3.35. The van der Waals surface area contributed by atoms with Gasteiger partial charge in [-0.15, -0.1) is 0 Å². The van der Waals surface area contributed by atoms with Crippen LogP contribution >= 0.6 is 23.4 Å². The predicted molar refractivity (Wildman–Crippen MR) is 129 cm³/mol. The van der Waals surface area contributed by atoms with E-state index in [4.69, 9.17) is 11.6 Å². The lowest BCUT2D eigenvalue weighted by Gasteiger charge is -2.09. The molecule has 0 aliphatic rings. The first kappa shape index (κ1) is 21.9. The van der Waals surface area contributed by atoms with Gasteiger partial charge in [0, 0.05) is 27.2 Å². The largest absolute Gasteiger partial charge is 0.322 e. The van der Waals surface area contributed by atoms with Crippen molar-refractivity contribution in [1.29, 1.82) is 0 Å². The Morgan fingerprint density at radius 3 is 2.28 bits per heavy atom. The number of hydrogen-bond acceptors (Lipinski definition) is 4. The number of halogens is 1. The number of benzene rings is 3. The fraction of sp³-hybridized carbons (Fsp3) is 0.0800. The van der Waals surface area contributed by atoms with Crippen LogP contribution in [0.4, 0.5) is 5.69 Å². The van der Waals surface area contributed by atoms with Gasteiger partial charge in [0.15, 0.2) is 0 Å². The molecule has 4 aromatic rings. The molecule has 1 aromatic heterocycles. The molecule has 0 aliphatic carbocycles. The van der Waals surface area contributed by atoms with Crippen molar-refractivity contribution in [3.63, 3.8) is 0 Å². The van der Waals surface area contributed by atoms with E-state index < -0.39 is 0 Å². The second-order valence-corrected chi connectivity index (χ2v) is 8.56. The fourth-order valence-electron chi connectivity index (χ4n) is 3.04. The fourth-order valence-corrected chi connectivity index (χ4v) is 3.94. The normalized spacial score (nSPS) is 10.7. The highest BCUT2D eigenvalue weighted by molar-refractivity contribution is 7.99. The summed E-state index contributed by atoms with van der Waals surface area (Å²) in [7, 11) is 0. The van der Waals surface area contributed by atoms with Gasteiger partial charge in [0.25, 0.3) is 11.5 Å². The molecule has 0 aliphatic heterocycles. The van der Waals surface area contributed by atoms with Crippen LogP contribution in [0.1, 0.15) is 22.8 Å². The lowest BCUT2D eigenvalue weighted by atomic mass is 10.1. The van der Waals surface area contributed by atoms with Gasteiger partial charge in [-0.25, -0.2) is 0 Å². The molecule has 32 heavy (non-hydrogen) atoms. The van der Waals surface area contributed by atoms with E-state index in [1.807, 2.05) is 48.5 Å². The van der Waals surface area contributed by atoms with E-state index >= 15 is 0 Å². The zero-order valence-electron chi connectivity index (χ0n) is 17.3. The average Bonchev–Trinajstić information content (AvgIpc) is 2.82. The Balaban J connectivity index is 1.50. The Kier molecular flexibility index (Phi) is 6.73. The Labute approximate surface area is 195 Å². The SMILES string of the molecule is CCc1ccc(NC(=O)c2ccc(-n3nc(Sc4ccc(Cl)cc4)ccc3=O)cc2)cc1. The van der Waals surface area contributed by atoms with Crippen molar-refractivity contribution in [1.82, 2.24) is 9.78 Å². The molecule has 0 saturated heterocycles. The minimum absolute atomic E-state index is 0.215. The summed E-state index contributed by atoms with van der Waals surface area (Å²) in [5.41, 5.74) is 2.77. The third-order valence-corrected chi connectivity index (χ3v) is 5.99. The molecule has 3 aromatic carbocycles. The number of rotatable bonds is 6. The van der Waals surface area contributed by atoms with Crippen LogP contribution in [-0.4, -0.2) is 15.7 Å². The van der Waals surface area contributed by atoms with E-state index in [9.17, 15) is 9.59 Å². The number of amides is 1. The summed E-state index contributed by atoms with van der Waals surface area (Å²) in [6.45, 7) is 2.08. The van der Waals surface area contributed by atoms with Crippen LogP contribution in [0.15, 0.2) is 99.6 Å². The maximum Gasteiger partial charge on any atom is 0.271 e. The first-order valence-electron chi connectivity index (χ1n) is 10.1. The smallest absolute Gasteiger partial charge is 0.271 e. The van der Waals surface area contributed by atoms with Crippen molar-refractivity contribution in [2.45, 2.75) is 23.3 Å². The Morgan fingerprint density at radius 1 is 0.938 bits per heavy atom. The van der Waals surface area contributed by atoms with Gasteiger partial charge < -0.3 is 5.32 Å². The standard InChI is InChI=1S/C25H20ClN3O2S/c1-2-17-3-9-20(10-4-17)27-25(31)18-5-11-21(12-6-18)29-24(30)16-15-23(28-29)32-22-13-7-19(26)8-14-22/h3-16H,2H2,1H3,(H,27,31). The molecular formula is C25H20ClN3O2S. The topological polar surface area (TPSA) is 64.0 Å². The van der Waals surface area contributed by atoms with Gasteiger partial charge in [0.05, 0.1) is 5.69 Å². The molecule has 0 fully saturated rings. The maximum absolute atomic E-state index is 12.6. The molecule has 0 atom stereocenters. The number of aryl methyl sites for hydroxylation is 1. The molecule has 0 saturated carbocycles. The molecule has 4 rings (SSSR count). The number of carbonyl (C=O) groups is 1. The summed E-state index contributed by atoms with van der Waals surface area (Å²) < 4.78 is 1.32. The monoisotopic (exact) mass is 461 g/mol. The van der Waals surface area contributed by atoms with Crippen LogP contribution in [0.3, 0.4) is 0 Å². The van der Waals surface area contributed by atoms with Crippen LogP contribution in [0.25, 0.3) is 5.69 Å². The van der Waals surface area contributed by atoms with Crippen molar-refractivity contribution in [3.05, 3.63) is 111 Å². The zero-order valence-corrected chi connectivity index (χ0v) is 18.9. The van der Waals surface area contributed by atoms with E-state index in [0.717, 1.165) is 17.0 Å². The molecule has 5 nitrogen and oxygen atoms in total. The predicted octanol–water partition coefficient (Wildman–Crippen LogP) is 5.85. The lowest BCUT2D eigenvalue weighted by Crippen LogP contribution is -2.20. The quantitative estimate of drug-likeness (QED) is 0.391. The number of carbonyl (C=O) groups excluding carboxylic acids is 1. The number of anilines is 1. The minimum atomic E-state index is -0.251. The molecule has 0 unspecified atom stereocenters. The highest BCUT2D eigenvalue weighted by atomic mass is 35.5. The maximum atomic E-state index is 12.6. The second kappa shape index (κ2) is 9.85. The van der Waals surface area contributed by atoms with Gasteiger partial charge in [-0.1, -0.05) is 42.4 Å². The summed E-state index contributed by atoms with van der Waals surface area (Å²) in [6, 6.07) is 25.1. The summed E-state index contributed by atoms with van der Waals surface area (Å²) in [5, 5.41) is 8.67. The van der Waals surface area contributed by atoms with Crippen LogP contribution in [-0.2, 0) is 6.42 Å². The van der Waals surface area contributed by atoms with Crippen LogP contribution in [0.5, 0.6) is 0 Å². The molecule has 1 N–H and O–H groups in total. The lowest BCUT2D eigenvalue weighted by molar-refractivity contribution is 0.102. The highest BCUT2D eigenvalue weighted by Gasteiger charge is 2.09. The summed E-state index contributed by atoms with van der Waals surface area (Å²) in [5.74, 6) is -0.215. The number of nitrogens with zero attached hydrogens (tertiary/aromatic N) is 2. The van der Waals surface area contributed by atoms with Crippen LogP contribution < -0.4 is 10.9 Å². The van der Waals surface area contributed by atoms with Crippen molar-refractivity contribution < 1.29 is 4.79 Å². The van der Waals surface area contributed by atoms with E-state index in [2.05, 4.69) is 17.3 Å². The third-order valence-electron chi connectivity index (χ3n) is 4.81. The Morgan fingerprint density at radius 2 is 1.62 bits per heavy atom. The summed E-state index contributed by atoms with van der Waals surface area (Å²) in [6.07, 6.45) is 0.947. The zero-order chi connectivity index (χ0) is 22.5. The van der Waals surface area contributed by atoms with Gasteiger partial charge >= 0.3 is 0 Å². The second-order valence-electron chi connectivity index (χ2n) is 7.03. The Bertz CT molecular complexity index is 1280. The number of hydrogen-bond donors (Lipinski definition) is 1. The minimum Gasteiger partial charge on any atom is -0.322 e. The van der Waals surface area contributed by atoms with Crippen LogP contribution in [0, 0.1) is 0 Å². The summed E-state index contributed by atoms with van der Waals surface area (Å²) in [4.78, 5) is 25.9. The van der Waals surface area contributed by atoms with E-state index in [0.29, 0.717) is 21.3 Å². The first-order valence-corrected chi connectivity index (χ1v) is 11.3. The first-order chi connectivity index (χ1) is 15.5. The van der Waals surface area contributed by atoms with E-state index in [-0.39, 0.29) is 11.5 Å². The average molecular weight is 462 g/mol. The van der Waals surface area contributed by atoms with Crippen molar-refractivity contribution in [2.75, 3.05) is 5.32 Å². The molecule has 0 spiro atoms. The number of aromatic nitrogens is 2. The molecule has 1 heterocycles. The van der Waals surface area contributed by atoms with Gasteiger partial charge in [-0.3, -0.25) is 9.59 Å². The third kappa shape index (κ3) is 5.28. The van der Waals surface area contributed by atoms with Gasteiger partial charge in [0.2, 0.25) is 0 Å². The van der Waals surface area contributed by atoms with E-state index in [1.165, 1.54) is 28.1 Å². The molecule has 1 amide bonds. The van der Waals surface area contributed by atoms with Crippen molar-refractivity contribution >= 4 is 35.0 Å². The molecule has 0 bridgehead atoms. The highest BCUT2D eigenvalue weighted by Crippen LogP contribution is 2.26. The van der Waals surface area contributed by atoms with Crippen molar-refractivity contribution in [2.24, 2.45) is 0 Å². The van der Waals surface area contributed by atoms with Gasteiger partial charge in [0.1, 0.15) is 5.03 Å². The van der Waals surface area contributed by atoms with Gasteiger partial charge in [-0.05, 0) is 78.7 Å². The molecule has 160 valence electrons. The molecular weight excluding hydrogens is 442 g/mol. The molecule has 0 radical (unpaired) electrons. The van der Waals surface area contributed by atoms with Gasteiger partial charge in [-0.2, -0.15) is 9.78 Å². The van der Waals surface area contributed by atoms with E-state index in [1.54, 1.807) is 30.3 Å². The summed E-state index contributed by atoms with van der Waals surface area (Å²) >= 11 is 7.37. The van der Waals surface area contributed by atoms with Crippen LogP contribution in [0.2, 0.25) is 5.02 Å². The number of nitrogens with one attached hydrogen (secondary N) is 1. The van der Waals surface area contributed by atoms with Crippen molar-refractivity contribution in [3.8, 4) is 5.69 Å². The molecule has 7 heteroatoms.